The number of aryl methyl sites for hydroxylation is 1. The molecule has 0 bridgehead atoms. The number of anilines is 3. The standard InChI is InChI=1S/C25H31N5O2/c1-18-11-13-20(14-12-18)26-21-15-22(29-24(31)32-25(2,3)4)28-23(27-21)17-30(5)16-19-9-7-6-8-10-19/h6-15H,16-17H2,1-5H3,(H2,26,27,28,29,31). The summed E-state index contributed by atoms with van der Waals surface area (Å²) in [6.07, 6.45) is -0.555. The fourth-order valence-corrected chi connectivity index (χ4v) is 3.08. The van der Waals surface area contributed by atoms with Crippen LogP contribution in [0.3, 0.4) is 0 Å². The predicted octanol–water partition coefficient (Wildman–Crippen LogP) is 5.51. The van der Waals surface area contributed by atoms with Gasteiger partial charge in [-0.3, -0.25) is 10.2 Å². The first kappa shape index (κ1) is 23.2. The zero-order valence-electron chi connectivity index (χ0n) is 19.3. The molecule has 0 radical (unpaired) electrons. The number of carbonyl (C=O) groups is 1. The van der Waals surface area contributed by atoms with E-state index in [2.05, 4.69) is 37.6 Å². The van der Waals surface area contributed by atoms with Crippen molar-refractivity contribution in [1.82, 2.24) is 14.9 Å². The molecular formula is C25H31N5O2. The number of nitrogens with zero attached hydrogens (tertiary/aromatic N) is 3. The van der Waals surface area contributed by atoms with Crippen molar-refractivity contribution in [2.24, 2.45) is 0 Å². The topological polar surface area (TPSA) is 79.4 Å². The van der Waals surface area contributed by atoms with Gasteiger partial charge in [0, 0.05) is 18.3 Å². The molecule has 1 aromatic heterocycles. The Morgan fingerprint density at radius 2 is 1.62 bits per heavy atom. The van der Waals surface area contributed by atoms with E-state index in [1.165, 1.54) is 11.1 Å². The van der Waals surface area contributed by atoms with Crippen molar-refractivity contribution in [2.45, 2.75) is 46.4 Å². The maximum atomic E-state index is 12.3. The third-order valence-electron chi connectivity index (χ3n) is 4.43. The molecule has 0 aliphatic rings. The lowest BCUT2D eigenvalue weighted by molar-refractivity contribution is 0.0635. The van der Waals surface area contributed by atoms with Crippen LogP contribution in [0, 0.1) is 6.92 Å². The van der Waals surface area contributed by atoms with Gasteiger partial charge in [-0.2, -0.15) is 0 Å². The minimum absolute atomic E-state index is 0.381. The molecule has 0 fully saturated rings. The maximum Gasteiger partial charge on any atom is 0.413 e. The summed E-state index contributed by atoms with van der Waals surface area (Å²) in [5.41, 5.74) is 2.68. The summed E-state index contributed by atoms with van der Waals surface area (Å²) in [7, 11) is 2.01. The van der Waals surface area contributed by atoms with Gasteiger partial charge in [-0.15, -0.1) is 0 Å². The lowest BCUT2D eigenvalue weighted by Crippen LogP contribution is -2.28. The van der Waals surface area contributed by atoms with Gasteiger partial charge in [-0.25, -0.2) is 14.8 Å². The van der Waals surface area contributed by atoms with Gasteiger partial charge in [-0.1, -0.05) is 48.0 Å². The van der Waals surface area contributed by atoms with E-state index in [9.17, 15) is 4.79 Å². The lowest BCUT2D eigenvalue weighted by atomic mass is 10.2. The van der Waals surface area contributed by atoms with Crippen LogP contribution in [0.15, 0.2) is 60.7 Å². The fraction of sp³-hybridized carbons (Fsp3) is 0.320. The molecule has 7 heteroatoms. The van der Waals surface area contributed by atoms with E-state index in [-0.39, 0.29) is 0 Å². The Morgan fingerprint density at radius 3 is 2.28 bits per heavy atom. The molecule has 0 saturated heterocycles. The van der Waals surface area contributed by atoms with Crippen LogP contribution in [0.5, 0.6) is 0 Å². The predicted molar refractivity (Wildman–Crippen MR) is 128 cm³/mol. The highest BCUT2D eigenvalue weighted by Crippen LogP contribution is 2.20. The van der Waals surface area contributed by atoms with Crippen molar-refractivity contribution < 1.29 is 9.53 Å². The highest BCUT2D eigenvalue weighted by atomic mass is 16.6. The number of aromatic nitrogens is 2. The van der Waals surface area contributed by atoms with Crippen LogP contribution in [0.1, 0.15) is 37.7 Å². The van der Waals surface area contributed by atoms with Gasteiger partial charge in [0.15, 0.2) is 0 Å². The van der Waals surface area contributed by atoms with E-state index in [1.54, 1.807) is 6.07 Å². The Kier molecular flexibility index (Phi) is 7.43. The number of nitrogens with one attached hydrogen (secondary N) is 2. The van der Waals surface area contributed by atoms with Gasteiger partial charge < -0.3 is 10.1 Å². The molecular weight excluding hydrogens is 402 g/mol. The number of amides is 1. The summed E-state index contributed by atoms with van der Waals surface area (Å²) in [6, 6.07) is 19.9. The summed E-state index contributed by atoms with van der Waals surface area (Å²) in [6.45, 7) is 8.77. The second kappa shape index (κ2) is 10.2. The van der Waals surface area contributed by atoms with Crippen molar-refractivity contribution in [3.63, 3.8) is 0 Å². The minimum Gasteiger partial charge on any atom is -0.444 e. The Bertz CT molecular complexity index is 1030. The molecule has 1 heterocycles. The van der Waals surface area contributed by atoms with Gasteiger partial charge in [0.1, 0.15) is 23.1 Å². The first-order valence-corrected chi connectivity index (χ1v) is 10.6. The minimum atomic E-state index is -0.598. The second-order valence-corrected chi connectivity index (χ2v) is 8.83. The van der Waals surface area contributed by atoms with Crippen molar-refractivity contribution in [1.29, 1.82) is 0 Å². The number of hydrogen-bond acceptors (Lipinski definition) is 6. The molecule has 3 rings (SSSR count). The number of hydrogen-bond donors (Lipinski definition) is 2. The zero-order valence-corrected chi connectivity index (χ0v) is 19.3. The number of benzene rings is 2. The largest absolute Gasteiger partial charge is 0.444 e. The van der Waals surface area contributed by atoms with Crippen LogP contribution in [-0.4, -0.2) is 33.6 Å². The fourth-order valence-electron chi connectivity index (χ4n) is 3.08. The smallest absolute Gasteiger partial charge is 0.413 e. The lowest BCUT2D eigenvalue weighted by Gasteiger charge is -2.20. The number of carbonyl (C=O) groups excluding carboxylic acids is 1. The van der Waals surface area contributed by atoms with Gasteiger partial charge in [0.05, 0.1) is 6.54 Å². The normalized spacial score (nSPS) is 11.3. The molecule has 32 heavy (non-hydrogen) atoms. The van der Waals surface area contributed by atoms with Crippen molar-refractivity contribution in [2.75, 3.05) is 17.7 Å². The molecule has 2 N–H and O–H groups in total. The average molecular weight is 434 g/mol. The molecule has 0 spiro atoms. The molecule has 0 aliphatic heterocycles. The molecule has 1 amide bonds. The first-order chi connectivity index (χ1) is 15.2. The molecule has 0 atom stereocenters. The van der Waals surface area contributed by atoms with Crippen molar-refractivity contribution in [3.05, 3.63) is 77.6 Å². The third kappa shape index (κ3) is 7.67. The molecule has 0 saturated carbocycles. The SMILES string of the molecule is Cc1ccc(Nc2cc(NC(=O)OC(C)(C)C)nc(CN(C)Cc3ccccc3)n2)cc1. The van der Waals surface area contributed by atoms with E-state index in [0.717, 1.165) is 12.2 Å². The maximum absolute atomic E-state index is 12.3. The van der Waals surface area contributed by atoms with Crippen LogP contribution >= 0.6 is 0 Å². The van der Waals surface area contributed by atoms with Crippen LogP contribution in [0.2, 0.25) is 0 Å². The summed E-state index contributed by atoms with van der Waals surface area (Å²) in [5.74, 6) is 1.57. The van der Waals surface area contributed by atoms with E-state index in [4.69, 9.17) is 4.74 Å². The van der Waals surface area contributed by atoms with Gasteiger partial charge in [0.2, 0.25) is 0 Å². The molecule has 3 aromatic rings. The van der Waals surface area contributed by atoms with E-state index >= 15 is 0 Å². The summed E-state index contributed by atoms with van der Waals surface area (Å²) in [5, 5.41) is 6.02. The van der Waals surface area contributed by atoms with Gasteiger partial charge >= 0.3 is 6.09 Å². The summed E-state index contributed by atoms with van der Waals surface area (Å²) in [4.78, 5) is 23.6. The quantitative estimate of drug-likeness (QED) is 0.512. The van der Waals surface area contributed by atoms with E-state index in [0.29, 0.717) is 24.0 Å². The third-order valence-corrected chi connectivity index (χ3v) is 4.43. The van der Waals surface area contributed by atoms with E-state index in [1.807, 2.05) is 77.2 Å². The average Bonchev–Trinajstić information content (AvgIpc) is 2.68. The summed E-state index contributed by atoms with van der Waals surface area (Å²) < 4.78 is 5.37. The van der Waals surface area contributed by atoms with Gasteiger partial charge in [0.25, 0.3) is 0 Å². The highest BCUT2D eigenvalue weighted by Gasteiger charge is 2.17. The van der Waals surface area contributed by atoms with Crippen molar-refractivity contribution in [3.8, 4) is 0 Å². The van der Waals surface area contributed by atoms with Crippen LogP contribution in [0.25, 0.3) is 0 Å². The molecule has 0 unspecified atom stereocenters. The highest BCUT2D eigenvalue weighted by molar-refractivity contribution is 5.84. The van der Waals surface area contributed by atoms with Crippen molar-refractivity contribution >= 4 is 23.4 Å². The Hall–Kier alpha value is -3.45. The van der Waals surface area contributed by atoms with Crippen LogP contribution < -0.4 is 10.6 Å². The number of ether oxygens (including phenoxy) is 1. The Balaban J connectivity index is 1.80. The number of rotatable bonds is 7. The van der Waals surface area contributed by atoms with Crippen LogP contribution in [0.4, 0.5) is 22.1 Å². The summed E-state index contributed by atoms with van der Waals surface area (Å²) >= 11 is 0. The zero-order chi connectivity index (χ0) is 23.1. The second-order valence-electron chi connectivity index (χ2n) is 8.83. The van der Waals surface area contributed by atoms with Crippen LogP contribution in [-0.2, 0) is 17.8 Å². The molecule has 7 nitrogen and oxygen atoms in total. The molecule has 2 aromatic carbocycles. The van der Waals surface area contributed by atoms with Gasteiger partial charge in [-0.05, 0) is 52.4 Å². The Labute approximate surface area is 189 Å². The molecule has 0 aliphatic carbocycles. The first-order valence-electron chi connectivity index (χ1n) is 10.6. The van der Waals surface area contributed by atoms with E-state index < -0.39 is 11.7 Å². The monoisotopic (exact) mass is 433 g/mol. The Morgan fingerprint density at radius 1 is 0.969 bits per heavy atom. The molecule has 168 valence electrons.